The van der Waals surface area contributed by atoms with Crippen LogP contribution < -0.4 is 10.2 Å². The number of alkyl halides is 3. The van der Waals surface area contributed by atoms with Crippen molar-refractivity contribution in [3.05, 3.63) is 60.9 Å². The zero-order chi connectivity index (χ0) is 25.4. The van der Waals surface area contributed by atoms with Crippen LogP contribution in [0.3, 0.4) is 0 Å². The number of piperazine rings is 1. The highest BCUT2D eigenvalue weighted by atomic mass is 19.4. The van der Waals surface area contributed by atoms with E-state index in [1.165, 1.54) is 0 Å². The lowest BCUT2D eigenvalue weighted by atomic mass is 10.1. The number of amides is 1. The van der Waals surface area contributed by atoms with Gasteiger partial charge in [0, 0.05) is 50.3 Å². The van der Waals surface area contributed by atoms with Gasteiger partial charge in [-0.2, -0.15) is 18.3 Å². The van der Waals surface area contributed by atoms with E-state index in [2.05, 4.69) is 32.2 Å². The van der Waals surface area contributed by atoms with Crippen molar-refractivity contribution in [2.75, 3.05) is 43.4 Å². The molecular formula is C23H25F3N6O3. The molecule has 1 amide bonds. The number of aliphatic carboxylic acids is 1. The summed E-state index contributed by atoms with van der Waals surface area (Å²) in [6, 6.07) is 15.6. The van der Waals surface area contributed by atoms with Crippen LogP contribution in [0.15, 0.2) is 60.9 Å². The van der Waals surface area contributed by atoms with Crippen LogP contribution in [-0.4, -0.2) is 76.1 Å². The lowest BCUT2D eigenvalue weighted by Gasteiger charge is -2.33. The van der Waals surface area contributed by atoms with E-state index in [9.17, 15) is 18.0 Å². The molecule has 1 aliphatic heterocycles. The van der Waals surface area contributed by atoms with Gasteiger partial charge in [-0.15, -0.1) is 0 Å². The number of benzene rings is 1. The summed E-state index contributed by atoms with van der Waals surface area (Å²) in [5, 5.41) is 14.4. The Balaban J connectivity index is 0.000000429. The normalized spacial score (nSPS) is 14.1. The van der Waals surface area contributed by atoms with Gasteiger partial charge in [-0.25, -0.2) is 9.78 Å². The molecule has 1 aliphatic rings. The maximum atomic E-state index is 12.6. The number of nitrogens with one attached hydrogen (secondary N) is 1. The minimum absolute atomic E-state index is 0.114. The summed E-state index contributed by atoms with van der Waals surface area (Å²) in [6.45, 7) is 4.06. The summed E-state index contributed by atoms with van der Waals surface area (Å²) >= 11 is 0. The van der Waals surface area contributed by atoms with E-state index in [-0.39, 0.29) is 12.5 Å². The molecule has 4 rings (SSSR count). The molecule has 1 saturated heterocycles. The van der Waals surface area contributed by atoms with E-state index in [1.807, 2.05) is 48.5 Å². The van der Waals surface area contributed by atoms with E-state index >= 15 is 0 Å². The average Bonchev–Trinajstić information content (AvgIpc) is 3.28. The number of anilines is 2. The summed E-state index contributed by atoms with van der Waals surface area (Å²) in [4.78, 5) is 30.5. The quantitative estimate of drug-likeness (QED) is 0.567. The smallest absolute Gasteiger partial charge is 0.475 e. The number of carbonyl (C=O) groups excluding carboxylic acids is 1. The third-order valence-corrected chi connectivity index (χ3v) is 5.18. The zero-order valence-electron chi connectivity index (χ0n) is 18.9. The van der Waals surface area contributed by atoms with Crippen molar-refractivity contribution in [1.82, 2.24) is 19.7 Å². The van der Waals surface area contributed by atoms with Crippen molar-refractivity contribution >= 4 is 23.4 Å². The van der Waals surface area contributed by atoms with Crippen molar-refractivity contribution in [1.29, 1.82) is 0 Å². The van der Waals surface area contributed by atoms with Gasteiger partial charge in [0.15, 0.2) is 0 Å². The Morgan fingerprint density at radius 3 is 2.31 bits per heavy atom. The third kappa shape index (κ3) is 7.54. The summed E-state index contributed by atoms with van der Waals surface area (Å²) < 4.78 is 33.5. The first-order valence-corrected chi connectivity index (χ1v) is 10.7. The van der Waals surface area contributed by atoms with E-state index in [1.54, 1.807) is 17.1 Å². The highest BCUT2D eigenvalue weighted by Crippen LogP contribution is 2.20. The van der Waals surface area contributed by atoms with Crippen LogP contribution in [0.2, 0.25) is 0 Å². The van der Waals surface area contributed by atoms with Gasteiger partial charge in [0.05, 0.1) is 5.69 Å². The van der Waals surface area contributed by atoms with E-state index < -0.39 is 12.1 Å². The molecule has 3 heterocycles. The Labute approximate surface area is 199 Å². The number of likely N-dealkylation sites (N-methyl/N-ethyl adjacent to an activating group) is 1. The van der Waals surface area contributed by atoms with Crippen LogP contribution >= 0.6 is 0 Å². The van der Waals surface area contributed by atoms with Crippen molar-refractivity contribution in [2.45, 2.75) is 12.7 Å². The monoisotopic (exact) mass is 490 g/mol. The Morgan fingerprint density at radius 1 is 1.03 bits per heavy atom. The van der Waals surface area contributed by atoms with E-state index in [0.29, 0.717) is 0 Å². The largest absolute Gasteiger partial charge is 0.490 e. The van der Waals surface area contributed by atoms with Crippen LogP contribution in [0.1, 0.15) is 0 Å². The number of carboxylic acid groups (broad SMARTS) is 1. The minimum atomic E-state index is -5.08. The molecule has 9 nitrogen and oxygen atoms in total. The molecule has 1 fully saturated rings. The number of aromatic nitrogens is 3. The summed E-state index contributed by atoms with van der Waals surface area (Å²) in [6.07, 6.45) is -1.62. The summed E-state index contributed by atoms with van der Waals surface area (Å²) in [5.41, 5.74) is 2.71. The minimum Gasteiger partial charge on any atom is -0.475 e. The highest BCUT2D eigenvalue weighted by molar-refractivity contribution is 5.91. The molecule has 186 valence electrons. The van der Waals surface area contributed by atoms with Gasteiger partial charge in [0.1, 0.15) is 12.4 Å². The molecule has 3 aromatic rings. The molecular weight excluding hydrogens is 465 g/mol. The lowest BCUT2D eigenvalue weighted by Crippen LogP contribution is -2.44. The summed E-state index contributed by atoms with van der Waals surface area (Å²) in [5.74, 6) is -1.97. The summed E-state index contributed by atoms with van der Waals surface area (Å²) in [7, 11) is 2.13. The second-order valence-corrected chi connectivity index (χ2v) is 7.78. The van der Waals surface area contributed by atoms with Gasteiger partial charge < -0.3 is 20.2 Å². The fourth-order valence-electron chi connectivity index (χ4n) is 3.35. The molecule has 0 unspecified atom stereocenters. The predicted octanol–water partition coefficient (Wildman–Crippen LogP) is 2.97. The van der Waals surface area contributed by atoms with Crippen molar-refractivity contribution in [2.24, 2.45) is 0 Å². The molecule has 2 N–H and O–H groups in total. The van der Waals surface area contributed by atoms with E-state index in [0.717, 1.165) is 48.9 Å². The topological polar surface area (TPSA) is 104 Å². The molecule has 1 aromatic carbocycles. The second-order valence-electron chi connectivity index (χ2n) is 7.78. The first-order chi connectivity index (χ1) is 16.6. The Hall–Kier alpha value is -3.93. The van der Waals surface area contributed by atoms with Gasteiger partial charge in [0.2, 0.25) is 5.91 Å². The SMILES string of the molecule is CN1CCN(c2cc(NC(=O)Cn3nccc3-c3ccccc3)ccn2)CC1.O=C(O)C(F)(F)F. The molecule has 12 heteroatoms. The van der Waals surface area contributed by atoms with Crippen LogP contribution in [0, 0.1) is 0 Å². The number of hydrogen-bond acceptors (Lipinski definition) is 6. The standard InChI is InChI=1S/C21H24N6O.C2HF3O2/c1-25-11-13-26(14-12-25)20-15-18(7-9-22-20)24-21(28)16-27-19(8-10-23-27)17-5-3-2-4-6-17;3-2(4,5)1(6)7/h2-10,15H,11-14,16H2,1H3,(H,22,24,28);(H,6,7). The van der Waals surface area contributed by atoms with Gasteiger partial charge in [-0.1, -0.05) is 30.3 Å². The Morgan fingerprint density at radius 2 is 1.69 bits per heavy atom. The zero-order valence-corrected chi connectivity index (χ0v) is 18.9. The number of rotatable bonds is 5. The van der Waals surface area contributed by atoms with Crippen molar-refractivity contribution in [3.8, 4) is 11.3 Å². The second kappa shape index (κ2) is 11.5. The molecule has 0 atom stereocenters. The van der Waals surface area contributed by atoms with Crippen LogP contribution in [0.4, 0.5) is 24.7 Å². The van der Waals surface area contributed by atoms with Crippen LogP contribution in [0.5, 0.6) is 0 Å². The van der Waals surface area contributed by atoms with E-state index in [4.69, 9.17) is 9.90 Å². The van der Waals surface area contributed by atoms with Crippen molar-refractivity contribution < 1.29 is 27.9 Å². The molecule has 2 aromatic heterocycles. The van der Waals surface area contributed by atoms with Crippen LogP contribution in [-0.2, 0) is 16.1 Å². The first kappa shape index (κ1) is 25.7. The number of halogens is 3. The van der Waals surface area contributed by atoms with Crippen molar-refractivity contribution in [3.63, 3.8) is 0 Å². The average molecular weight is 490 g/mol. The molecule has 0 spiro atoms. The number of hydrogen-bond donors (Lipinski definition) is 2. The maximum Gasteiger partial charge on any atom is 0.490 e. The van der Waals surface area contributed by atoms with Gasteiger partial charge in [-0.05, 0) is 24.7 Å². The molecule has 35 heavy (non-hydrogen) atoms. The fourth-order valence-corrected chi connectivity index (χ4v) is 3.35. The highest BCUT2D eigenvalue weighted by Gasteiger charge is 2.38. The fraction of sp³-hybridized carbons (Fsp3) is 0.304. The maximum absolute atomic E-state index is 12.6. The lowest BCUT2D eigenvalue weighted by molar-refractivity contribution is -0.192. The molecule has 0 bridgehead atoms. The van der Waals surface area contributed by atoms with Gasteiger partial charge >= 0.3 is 12.1 Å². The Kier molecular flexibility index (Phi) is 8.42. The van der Waals surface area contributed by atoms with Gasteiger partial charge in [-0.3, -0.25) is 9.48 Å². The number of pyridine rings is 1. The van der Waals surface area contributed by atoms with Crippen LogP contribution in [0.25, 0.3) is 11.3 Å². The van der Waals surface area contributed by atoms with Gasteiger partial charge in [0.25, 0.3) is 0 Å². The third-order valence-electron chi connectivity index (χ3n) is 5.18. The predicted molar refractivity (Wildman–Crippen MR) is 124 cm³/mol. The Bertz CT molecular complexity index is 1130. The number of nitrogens with zero attached hydrogens (tertiary/aromatic N) is 5. The molecule has 0 saturated carbocycles. The molecule has 0 radical (unpaired) electrons. The number of carbonyl (C=O) groups is 2. The number of carboxylic acids is 1. The molecule has 0 aliphatic carbocycles. The first-order valence-electron chi connectivity index (χ1n) is 10.7.